The molecule has 0 unspecified atom stereocenters. The van der Waals surface area contributed by atoms with Gasteiger partial charge in [0.1, 0.15) is 5.75 Å². The molecule has 30 heavy (non-hydrogen) atoms. The van der Waals surface area contributed by atoms with Gasteiger partial charge < -0.3 is 9.15 Å². The van der Waals surface area contributed by atoms with Crippen LogP contribution >= 0.6 is 0 Å². The molecule has 0 amide bonds. The predicted octanol–water partition coefficient (Wildman–Crippen LogP) is 3.83. The van der Waals surface area contributed by atoms with Crippen LogP contribution in [-0.4, -0.2) is 36.0 Å². The molecule has 3 aromatic rings. The second kappa shape index (κ2) is 8.57. The highest BCUT2D eigenvalue weighted by molar-refractivity contribution is 7.89. The zero-order chi connectivity index (χ0) is 21.1. The van der Waals surface area contributed by atoms with E-state index in [2.05, 4.69) is 10.2 Å². The van der Waals surface area contributed by atoms with Crippen LogP contribution in [0.15, 0.2) is 57.8 Å². The molecule has 2 aromatic carbocycles. The molecule has 0 radical (unpaired) electrons. The minimum Gasteiger partial charge on any atom is -0.484 e. The fraction of sp³-hybridized carbons (Fsp3) is 0.364. The van der Waals surface area contributed by atoms with Crippen molar-refractivity contribution in [1.29, 1.82) is 0 Å². The second-order valence-electron chi connectivity index (χ2n) is 7.58. The predicted molar refractivity (Wildman–Crippen MR) is 112 cm³/mol. The summed E-state index contributed by atoms with van der Waals surface area (Å²) in [6, 6.07) is 14.7. The minimum absolute atomic E-state index is 0.127. The molecule has 7 nitrogen and oxygen atoms in total. The van der Waals surface area contributed by atoms with E-state index >= 15 is 0 Å². The summed E-state index contributed by atoms with van der Waals surface area (Å²) in [7, 11) is -3.56. The van der Waals surface area contributed by atoms with Crippen LogP contribution in [0, 0.1) is 13.8 Å². The van der Waals surface area contributed by atoms with Gasteiger partial charge in [-0.15, -0.1) is 10.2 Å². The van der Waals surface area contributed by atoms with Gasteiger partial charge in [-0.05, 0) is 62.1 Å². The molecule has 0 spiro atoms. The summed E-state index contributed by atoms with van der Waals surface area (Å²) in [6.45, 7) is 4.89. The summed E-state index contributed by atoms with van der Waals surface area (Å²) in [4.78, 5) is 0.328. The molecule has 1 aromatic heterocycles. The molecule has 1 aliphatic rings. The van der Waals surface area contributed by atoms with Crippen LogP contribution in [-0.2, 0) is 16.6 Å². The molecule has 0 saturated carbocycles. The van der Waals surface area contributed by atoms with E-state index in [-0.39, 0.29) is 12.5 Å². The largest absolute Gasteiger partial charge is 0.484 e. The van der Waals surface area contributed by atoms with Crippen molar-refractivity contribution >= 4 is 10.0 Å². The Bertz CT molecular complexity index is 1110. The zero-order valence-corrected chi connectivity index (χ0v) is 17.9. The Balaban J connectivity index is 1.45. The third-order valence-electron chi connectivity index (χ3n) is 5.44. The van der Waals surface area contributed by atoms with E-state index in [4.69, 9.17) is 9.15 Å². The molecule has 4 rings (SSSR count). The first-order chi connectivity index (χ1) is 14.4. The van der Waals surface area contributed by atoms with E-state index in [1.54, 1.807) is 12.1 Å². The molecule has 1 atom stereocenters. The highest BCUT2D eigenvalue weighted by atomic mass is 32.2. The first kappa shape index (κ1) is 20.6. The van der Waals surface area contributed by atoms with Crippen LogP contribution < -0.4 is 4.74 Å². The average Bonchev–Trinajstić information content (AvgIpc) is 3.24. The van der Waals surface area contributed by atoms with Crippen molar-refractivity contribution in [3.63, 3.8) is 0 Å². The van der Waals surface area contributed by atoms with Crippen LogP contribution in [0.2, 0.25) is 0 Å². The van der Waals surface area contributed by atoms with Crippen molar-refractivity contribution in [2.75, 3.05) is 13.1 Å². The number of nitrogens with zero attached hydrogens (tertiary/aromatic N) is 3. The lowest BCUT2D eigenvalue weighted by atomic mass is 10.00. The number of para-hydroxylation sites is 1. The van der Waals surface area contributed by atoms with Crippen LogP contribution in [0.4, 0.5) is 0 Å². The number of aromatic nitrogens is 2. The van der Waals surface area contributed by atoms with Crippen LogP contribution in [0.1, 0.15) is 41.7 Å². The smallest absolute Gasteiger partial charge is 0.253 e. The SMILES string of the molecule is Cc1ccc(S(=O)(=O)N2CCC[C@@H](c3nnc(COc4ccccc4)o3)C2)cc1C. The van der Waals surface area contributed by atoms with Crippen molar-refractivity contribution in [3.8, 4) is 5.75 Å². The van der Waals surface area contributed by atoms with Gasteiger partial charge in [0.05, 0.1) is 10.8 Å². The summed E-state index contributed by atoms with van der Waals surface area (Å²) < 4.78 is 39.2. The normalized spacial score (nSPS) is 17.7. The molecule has 2 heterocycles. The van der Waals surface area contributed by atoms with Crippen LogP contribution in [0.5, 0.6) is 5.75 Å². The van der Waals surface area contributed by atoms with Gasteiger partial charge in [-0.2, -0.15) is 4.31 Å². The van der Waals surface area contributed by atoms with E-state index < -0.39 is 10.0 Å². The zero-order valence-electron chi connectivity index (χ0n) is 17.1. The van der Waals surface area contributed by atoms with Crippen molar-refractivity contribution in [3.05, 3.63) is 71.4 Å². The Morgan fingerprint density at radius 2 is 1.90 bits per heavy atom. The minimum atomic E-state index is -3.56. The lowest BCUT2D eigenvalue weighted by Gasteiger charge is -2.30. The van der Waals surface area contributed by atoms with E-state index in [1.807, 2.05) is 50.2 Å². The third-order valence-corrected chi connectivity index (χ3v) is 7.30. The number of ether oxygens (including phenoxy) is 1. The quantitative estimate of drug-likeness (QED) is 0.594. The number of hydrogen-bond donors (Lipinski definition) is 0. The molecule has 0 N–H and O–H groups in total. The number of benzene rings is 2. The van der Waals surface area contributed by atoms with Gasteiger partial charge in [0.2, 0.25) is 15.9 Å². The Morgan fingerprint density at radius 3 is 2.67 bits per heavy atom. The monoisotopic (exact) mass is 427 g/mol. The summed E-state index contributed by atoms with van der Waals surface area (Å²) >= 11 is 0. The number of sulfonamides is 1. The molecule has 0 aliphatic carbocycles. The number of rotatable bonds is 6. The Labute approximate surface area is 176 Å². The molecular formula is C22H25N3O4S. The van der Waals surface area contributed by atoms with Gasteiger partial charge >= 0.3 is 0 Å². The van der Waals surface area contributed by atoms with Crippen molar-refractivity contribution in [2.45, 2.75) is 44.1 Å². The van der Waals surface area contributed by atoms with E-state index in [0.29, 0.717) is 29.8 Å². The summed E-state index contributed by atoms with van der Waals surface area (Å²) in [6.07, 6.45) is 1.55. The maximum absolute atomic E-state index is 13.1. The summed E-state index contributed by atoms with van der Waals surface area (Å²) in [5, 5.41) is 8.21. The molecule has 8 heteroatoms. The molecule has 1 fully saturated rings. The third kappa shape index (κ3) is 4.39. The summed E-state index contributed by atoms with van der Waals surface area (Å²) in [5.41, 5.74) is 2.03. The highest BCUT2D eigenvalue weighted by Crippen LogP contribution is 2.30. The molecular weight excluding hydrogens is 402 g/mol. The molecule has 158 valence electrons. The van der Waals surface area contributed by atoms with Crippen molar-refractivity contribution in [2.24, 2.45) is 0 Å². The fourth-order valence-electron chi connectivity index (χ4n) is 3.54. The number of hydrogen-bond acceptors (Lipinski definition) is 6. The second-order valence-corrected chi connectivity index (χ2v) is 9.52. The van der Waals surface area contributed by atoms with Gasteiger partial charge in [0.25, 0.3) is 5.89 Å². The lowest BCUT2D eigenvalue weighted by Crippen LogP contribution is -2.39. The topological polar surface area (TPSA) is 85.5 Å². The van der Waals surface area contributed by atoms with E-state index in [9.17, 15) is 8.42 Å². The van der Waals surface area contributed by atoms with Gasteiger partial charge in [-0.25, -0.2) is 8.42 Å². The van der Waals surface area contributed by atoms with Gasteiger partial charge in [0, 0.05) is 13.1 Å². The van der Waals surface area contributed by atoms with Crippen LogP contribution in [0.25, 0.3) is 0 Å². The van der Waals surface area contributed by atoms with Gasteiger partial charge in [-0.1, -0.05) is 24.3 Å². The van der Waals surface area contributed by atoms with Crippen molar-refractivity contribution in [1.82, 2.24) is 14.5 Å². The first-order valence-electron chi connectivity index (χ1n) is 10.0. The van der Waals surface area contributed by atoms with E-state index in [1.165, 1.54) is 4.31 Å². The maximum Gasteiger partial charge on any atom is 0.253 e. The van der Waals surface area contributed by atoms with Crippen LogP contribution in [0.3, 0.4) is 0 Å². The maximum atomic E-state index is 13.1. The molecule has 1 aliphatic heterocycles. The standard InChI is InChI=1S/C22H25N3O4S/c1-16-10-11-20(13-17(16)2)30(26,27)25-12-6-7-18(14-25)22-24-23-21(29-22)15-28-19-8-4-3-5-9-19/h3-5,8-11,13,18H,6-7,12,14-15H2,1-2H3/t18-/m1/s1. The summed E-state index contributed by atoms with van der Waals surface area (Å²) in [5.74, 6) is 1.43. The van der Waals surface area contributed by atoms with Gasteiger partial charge in [0.15, 0.2) is 6.61 Å². The first-order valence-corrected chi connectivity index (χ1v) is 11.4. The lowest BCUT2D eigenvalue weighted by molar-refractivity contribution is 0.243. The number of aryl methyl sites for hydroxylation is 2. The van der Waals surface area contributed by atoms with E-state index in [0.717, 1.165) is 29.7 Å². The highest BCUT2D eigenvalue weighted by Gasteiger charge is 2.33. The Morgan fingerprint density at radius 1 is 1.10 bits per heavy atom. The number of piperidine rings is 1. The average molecular weight is 428 g/mol. The Kier molecular flexibility index (Phi) is 5.87. The molecule has 1 saturated heterocycles. The Hall–Kier alpha value is -2.71. The van der Waals surface area contributed by atoms with Gasteiger partial charge in [-0.3, -0.25) is 0 Å². The molecule has 0 bridgehead atoms. The fourth-order valence-corrected chi connectivity index (χ4v) is 5.15. The van der Waals surface area contributed by atoms with Crippen molar-refractivity contribution < 1.29 is 17.6 Å².